The van der Waals surface area contributed by atoms with E-state index in [0.29, 0.717) is 0 Å². The summed E-state index contributed by atoms with van der Waals surface area (Å²) in [4.78, 5) is 0. The summed E-state index contributed by atoms with van der Waals surface area (Å²) in [6.07, 6.45) is 11.8. The van der Waals surface area contributed by atoms with Crippen LogP contribution >= 0.6 is 0 Å². The molecule has 0 nitrogen and oxygen atoms in total. The van der Waals surface area contributed by atoms with Gasteiger partial charge < -0.3 is 0 Å². The van der Waals surface area contributed by atoms with Gasteiger partial charge in [-0.1, -0.05) is 59.3 Å². The second-order valence-electron chi connectivity index (χ2n) is 5.34. The molecule has 0 amide bonds. The van der Waals surface area contributed by atoms with Crippen LogP contribution in [0.25, 0.3) is 0 Å². The van der Waals surface area contributed by atoms with Crippen LogP contribution in [0.15, 0.2) is 0 Å². The maximum atomic E-state index is 2.47. The molecule has 1 aliphatic rings. The molecule has 1 saturated carbocycles. The fourth-order valence-corrected chi connectivity index (χ4v) is 3.15. The summed E-state index contributed by atoms with van der Waals surface area (Å²) in [6.45, 7) is 7.11. The average molecular weight is 196 g/mol. The third-order valence-corrected chi connectivity index (χ3v) is 4.14. The van der Waals surface area contributed by atoms with Crippen LogP contribution in [0.4, 0.5) is 0 Å². The first-order valence-electron chi connectivity index (χ1n) is 6.77. The Kier molecular flexibility index (Phi) is 5.59. The lowest BCUT2D eigenvalue weighted by Gasteiger charge is -2.32. The molecule has 0 radical (unpaired) electrons. The van der Waals surface area contributed by atoms with Gasteiger partial charge in [-0.05, 0) is 30.6 Å². The molecule has 1 rings (SSSR count). The lowest BCUT2D eigenvalue weighted by molar-refractivity contribution is 0.199. The van der Waals surface area contributed by atoms with Gasteiger partial charge >= 0.3 is 0 Å². The molecular formula is C14H28. The molecule has 0 aliphatic heterocycles. The summed E-state index contributed by atoms with van der Waals surface area (Å²) < 4.78 is 0. The first-order valence-corrected chi connectivity index (χ1v) is 6.77. The molecule has 1 unspecified atom stereocenters. The average Bonchev–Trinajstić information content (AvgIpc) is 2.20. The van der Waals surface area contributed by atoms with E-state index in [1.54, 1.807) is 0 Å². The van der Waals surface area contributed by atoms with Crippen LogP contribution < -0.4 is 0 Å². The van der Waals surface area contributed by atoms with E-state index in [-0.39, 0.29) is 0 Å². The van der Waals surface area contributed by atoms with E-state index in [2.05, 4.69) is 20.8 Å². The van der Waals surface area contributed by atoms with Crippen LogP contribution in [0, 0.1) is 17.8 Å². The molecule has 1 atom stereocenters. The molecule has 0 aromatic carbocycles. The molecule has 0 aromatic heterocycles. The molecule has 1 aliphatic carbocycles. The van der Waals surface area contributed by atoms with Crippen molar-refractivity contribution < 1.29 is 0 Å². The minimum atomic E-state index is 0.988. The Morgan fingerprint density at radius 3 is 2.14 bits per heavy atom. The van der Waals surface area contributed by atoms with Crippen molar-refractivity contribution in [2.75, 3.05) is 0 Å². The van der Waals surface area contributed by atoms with Crippen molar-refractivity contribution in [1.29, 1.82) is 0 Å². The predicted molar refractivity (Wildman–Crippen MR) is 64.4 cm³/mol. The van der Waals surface area contributed by atoms with Crippen LogP contribution in [-0.4, -0.2) is 0 Å². The molecule has 0 spiro atoms. The Balaban J connectivity index is 2.21. The molecule has 84 valence electrons. The Morgan fingerprint density at radius 1 is 1.00 bits per heavy atom. The topological polar surface area (TPSA) is 0 Å². The van der Waals surface area contributed by atoms with E-state index < -0.39 is 0 Å². The maximum absolute atomic E-state index is 2.47. The quantitative estimate of drug-likeness (QED) is 0.578. The Bertz CT molecular complexity index is 131. The molecule has 0 N–H and O–H groups in total. The van der Waals surface area contributed by atoms with E-state index in [4.69, 9.17) is 0 Å². The largest absolute Gasteiger partial charge is 0.0654 e. The number of hydrogen-bond donors (Lipinski definition) is 0. The molecule has 14 heavy (non-hydrogen) atoms. The fraction of sp³-hybridized carbons (Fsp3) is 1.00. The van der Waals surface area contributed by atoms with Crippen molar-refractivity contribution >= 4 is 0 Å². The fourth-order valence-electron chi connectivity index (χ4n) is 3.15. The smallest absolute Gasteiger partial charge is 0.0388 e. The van der Waals surface area contributed by atoms with Crippen LogP contribution in [0.2, 0.25) is 0 Å². The lowest BCUT2D eigenvalue weighted by Crippen LogP contribution is -2.20. The van der Waals surface area contributed by atoms with E-state index in [9.17, 15) is 0 Å². The van der Waals surface area contributed by atoms with Crippen molar-refractivity contribution in [2.45, 2.75) is 72.1 Å². The summed E-state index contributed by atoms with van der Waals surface area (Å²) in [5, 5.41) is 0. The summed E-state index contributed by atoms with van der Waals surface area (Å²) in [5.41, 5.74) is 0. The highest BCUT2D eigenvalue weighted by Crippen LogP contribution is 2.36. The standard InChI is InChI=1S/C14H28/c1-4-6-12(3)14-10-8-13(7-5-2)9-11-14/h12-14H,4-11H2,1-3H3. The van der Waals surface area contributed by atoms with Gasteiger partial charge in [0.1, 0.15) is 0 Å². The lowest BCUT2D eigenvalue weighted by atomic mass is 9.74. The summed E-state index contributed by atoms with van der Waals surface area (Å²) >= 11 is 0. The third kappa shape index (κ3) is 3.63. The second-order valence-corrected chi connectivity index (χ2v) is 5.34. The summed E-state index contributed by atoms with van der Waals surface area (Å²) in [6, 6.07) is 0. The zero-order chi connectivity index (χ0) is 10.4. The molecule has 0 heterocycles. The maximum Gasteiger partial charge on any atom is -0.0388 e. The van der Waals surface area contributed by atoms with Crippen LogP contribution in [0.3, 0.4) is 0 Å². The molecule has 0 bridgehead atoms. The highest BCUT2D eigenvalue weighted by molar-refractivity contribution is 4.75. The predicted octanol–water partition coefficient (Wildman–Crippen LogP) is 5.03. The van der Waals surface area contributed by atoms with Crippen molar-refractivity contribution in [1.82, 2.24) is 0 Å². The van der Waals surface area contributed by atoms with Gasteiger partial charge in [0.25, 0.3) is 0 Å². The van der Waals surface area contributed by atoms with Gasteiger partial charge in [-0.25, -0.2) is 0 Å². The zero-order valence-electron chi connectivity index (χ0n) is 10.4. The number of rotatable bonds is 5. The minimum Gasteiger partial charge on any atom is -0.0654 e. The zero-order valence-corrected chi connectivity index (χ0v) is 10.4. The van der Waals surface area contributed by atoms with Crippen molar-refractivity contribution in [3.05, 3.63) is 0 Å². The second kappa shape index (κ2) is 6.48. The van der Waals surface area contributed by atoms with Gasteiger partial charge in [0, 0.05) is 0 Å². The van der Waals surface area contributed by atoms with E-state index in [1.165, 1.54) is 51.4 Å². The molecule has 0 heteroatoms. The van der Waals surface area contributed by atoms with Crippen LogP contribution in [0.1, 0.15) is 72.1 Å². The van der Waals surface area contributed by atoms with Crippen molar-refractivity contribution in [2.24, 2.45) is 17.8 Å². The van der Waals surface area contributed by atoms with Gasteiger partial charge in [0.15, 0.2) is 0 Å². The van der Waals surface area contributed by atoms with Gasteiger partial charge in [0.2, 0.25) is 0 Å². The normalized spacial score (nSPS) is 30.2. The monoisotopic (exact) mass is 196 g/mol. The van der Waals surface area contributed by atoms with Gasteiger partial charge in [-0.15, -0.1) is 0 Å². The number of hydrogen-bond acceptors (Lipinski definition) is 0. The minimum absolute atomic E-state index is 0.988. The molecule has 0 aromatic rings. The first-order chi connectivity index (χ1) is 6.77. The third-order valence-electron chi connectivity index (χ3n) is 4.14. The SMILES string of the molecule is CCCC1CCC(C(C)CCC)CC1. The van der Waals surface area contributed by atoms with Gasteiger partial charge in [0.05, 0.1) is 0 Å². The molecule has 0 saturated heterocycles. The molecule has 1 fully saturated rings. The van der Waals surface area contributed by atoms with Gasteiger partial charge in [-0.3, -0.25) is 0 Å². The summed E-state index contributed by atoms with van der Waals surface area (Å²) in [5.74, 6) is 3.12. The van der Waals surface area contributed by atoms with Gasteiger partial charge in [-0.2, -0.15) is 0 Å². The van der Waals surface area contributed by atoms with Crippen LogP contribution in [-0.2, 0) is 0 Å². The van der Waals surface area contributed by atoms with Crippen molar-refractivity contribution in [3.8, 4) is 0 Å². The summed E-state index contributed by atoms with van der Waals surface area (Å²) in [7, 11) is 0. The van der Waals surface area contributed by atoms with E-state index in [1.807, 2.05) is 0 Å². The highest BCUT2D eigenvalue weighted by Gasteiger charge is 2.23. The van der Waals surface area contributed by atoms with Crippen LogP contribution in [0.5, 0.6) is 0 Å². The van der Waals surface area contributed by atoms with Crippen molar-refractivity contribution in [3.63, 3.8) is 0 Å². The van der Waals surface area contributed by atoms with E-state index >= 15 is 0 Å². The van der Waals surface area contributed by atoms with E-state index in [0.717, 1.165) is 17.8 Å². The molecular weight excluding hydrogens is 168 g/mol. The first kappa shape index (κ1) is 12.1. The Hall–Kier alpha value is 0. The Morgan fingerprint density at radius 2 is 1.64 bits per heavy atom. The Labute approximate surface area is 90.5 Å². The highest BCUT2D eigenvalue weighted by atomic mass is 14.3.